The van der Waals surface area contributed by atoms with E-state index in [1.807, 2.05) is 0 Å². The maximum Gasteiger partial charge on any atom is 0.129 e. The molecule has 0 bridgehead atoms. The van der Waals surface area contributed by atoms with Crippen molar-refractivity contribution in [2.24, 2.45) is 0 Å². The third-order valence-electron chi connectivity index (χ3n) is 0.684. The van der Waals surface area contributed by atoms with Crippen molar-refractivity contribution in [1.82, 2.24) is 0 Å². The van der Waals surface area contributed by atoms with E-state index in [9.17, 15) is 4.79 Å². The molecule has 1 unspecified atom stereocenters. The first-order valence-corrected chi connectivity index (χ1v) is 4.06. The van der Waals surface area contributed by atoms with E-state index in [2.05, 4.69) is 5.87 Å². The Kier molecular flexibility index (Phi) is 4.90. The van der Waals surface area contributed by atoms with Crippen LogP contribution in [0, 0.1) is 0 Å². The second-order valence-electron chi connectivity index (χ2n) is 1.37. The van der Waals surface area contributed by atoms with Gasteiger partial charge in [0, 0.05) is 11.5 Å². The van der Waals surface area contributed by atoms with Crippen molar-refractivity contribution in [2.45, 2.75) is 0 Å². The highest BCUT2D eigenvalue weighted by Gasteiger charge is 1.86. The lowest BCUT2D eigenvalue weighted by Gasteiger charge is -1.95. The van der Waals surface area contributed by atoms with Gasteiger partial charge in [0.1, 0.15) is 6.29 Å². The normalized spacial score (nSPS) is 13.1. The van der Waals surface area contributed by atoms with Gasteiger partial charge in [-0.2, -0.15) is 10.5 Å². The van der Waals surface area contributed by atoms with Crippen LogP contribution in [0.5, 0.6) is 0 Å². The first-order chi connectivity index (χ1) is 3.81. The van der Waals surface area contributed by atoms with Gasteiger partial charge in [0.25, 0.3) is 0 Å². The third-order valence-corrected chi connectivity index (χ3v) is 2.05. The molecular weight excluding hydrogens is 124 g/mol. The summed E-state index contributed by atoms with van der Waals surface area (Å²) in [5, 5.41) is 8.31. The van der Waals surface area contributed by atoms with Gasteiger partial charge in [-0.15, -0.1) is 0 Å². The summed E-state index contributed by atoms with van der Waals surface area (Å²) >= 11 is 0. The van der Waals surface area contributed by atoms with Crippen molar-refractivity contribution in [3.05, 3.63) is 0 Å². The van der Waals surface area contributed by atoms with Crippen LogP contribution >= 0.6 is 10.5 Å². The van der Waals surface area contributed by atoms with E-state index < -0.39 is 0 Å². The Balaban J connectivity index is 3.18. The average molecular weight is 134 g/mol. The van der Waals surface area contributed by atoms with Crippen molar-refractivity contribution in [1.29, 1.82) is 0 Å². The van der Waals surface area contributed by atoms with Gasteiger partial charge in [-0.3, -0.25) is 0 Å². The number of aliphatic hydroxyl groups excluding tert-OH is 1. The number of hydrogen-bond donors (Lipinski definition) is 1. The quantitative estimate of drug-likeness (QED) is 0.430. The second-order valence-corrected chi connectivity index (χ2v) is 3.34. The van der Waals surface area contributed by atoms with Gasteiger partial charge in [-0.05, 0) is 0 Å². The lowest BCUT2D eigenvalue weighted by molar-refractivity contribution is -0.105. The predicted molar refractivity (Wildman–Crippen MR) is 37.6 cm³/mol. The Labute approximate surface area is 51.4 Å². The number of aldehydes is 1. The highest BCUT2D eigenvalue weighted by molar-refractivity contribution is 8.14. The molecule has 0 saturated carbocycles. The lowest BCUT2D eigenvalue weighted by atomic mass is 10.9. The van der Waals surface area contributed by atoms with Crippen molar-refractivity contribution in [3.8, 4) is 0 Å². The molecule has 0 aliphatic heterocycles. The summed E-state index contributed by atoms with van der Waals surface area (Å²) < 4.78 is 0. The number of carbonyl (C=O) groups is 1. The van der Waals surface area contributed by atoms with E-state index in [-0.39, 0.29) is 17.1 Å². The van der Waals surface area contributed by atoms with Crippen LogP contribution < -0.4 is 0 Å². The maximum absolute atomic E-state index is 9.78. The molecule has 0 aromatic rings. The fraction of sp³-hybridized carbons (Fsp3) is 0.600. The fourth-order valence-corrected chi connectivity index (χ4v) is 0.926. The summed E-state index contributed by atoms with van der Waals surface area (Å²) in [7, 11) is -0.138. The van der Waals surface area contributed by atoms with Crippen LogP contribution in [-0.2, 0) is 4.79 Å². The monoisotopic (exact) mass is 134 g/mol. The van der Waals surface area contributed by atoms with Crippen LogP contribution in [0.15, 0.2) is 0 Å². The zero-order valence-electron chi connectivity index (χ0n) is 4.67. The lowest BCUT2D eigenvalue weighted by Crippen LogP contribution is -1.92. The molecule has 3 heteroatoms. The highest BCUT2D eigenvalue weighted by Crippen LogP contribution is 2.03. The SMILES string of the molecule is C=S(CC=O)CCO. The first-order valence-electron chi connectivity index (χ1n) is 2.33. The molecule has 8 heavy (non-hydrogen) atoms. The molecule has 0 heterocycles. The molecule has 0 amide bonds. The molecule has 0 saturated heterocycles. The minimum absolute atomic E-state index is 0.138. The van der Waals surface area contributed by atoms with E-state index in [1.54, 1.807) is 0 Å². The van der Waals surface area contributed by atoms with E-state index in [0.29, 0.717) is 11.5 Å². The minimum Gasteiger partial charge on any atom is -0.396 e. The van der Waals surface area contributed by atoms with E-state index in [1.165, 1.54) is 0 Å². The van der Waals surface area contributed by atoms with Crippen LogP contribution in [0.4, 0.5) is 0 Å². The Morgan fingerprint density at radius 2 is 2.38 bits per heavy atom. The van der Waals surface area contributed by atoms with Crippen LogP contribution in [0.3, 0.4) is 0 Å². The zero-order valence-corrected chi connectivity index (χ0v) is 5.49. The summed E-state index contributed by atoms with van der Waals surface area (Å²) in [5.41, 5.74) is 0. The molecule has 0 aliphatic rings. The van der Waals surface area contributed by atoms with Crippen molar-refractivity contribution < 1.29 is 9.90 Å². The number of rotatable bonds is 4. The molecule has 0 fully saturated rings. The smallest absolute Gasteiger partial charge is 0.129 e. The largest absolute Gasteiger partial charge is 0.396 e. The van der Waals surface area contributed by atoms with Gasteiger partial charge in [-0.25, -0.2) is 0 Å². The van der Waals surface area contributed by atoms with Gasteiger partial charge >= 0.3 is 0 Å². The van der Waals surface area contributed by atoms with Crippen molar-refractivity contribution >= 4 is 22.6 Å². The molecule has 1 atom stereocenters. The van der Waals surface area contributed by atoms with E-state index >= 15 is 0 Å². The molecule has 2 nitrogen and oxygen atoms in total. The minimum atomic E-state index is -0.138. The van der Waals surface area contributed by atoms with Crippen LogP contribution in [0.1, 0.15) is 0 Å². The Morgan fingerprint density at radius 3 is 2.75 bits per heavy atom. The van der Waals surface area contributed by atoms with Crippen LogP contribution in [-0.4, -0.2) is 35.4 Å². The Bertz CT molecular complexity index is 90.4. The van der Waals surface area contributed by atoms with Gasteiger partial charge in [0.05, 0.1) is 6.61 Å². The summed E-state index contributed by atoms with van der Waals surface area (Å²) in [6, 6.07) is 0. The molecule has 0 aliphatic carbocycles. The highest BCUT2D eigenvalue weighted by atomic mass is 32.2. The summed E-state index contributed by atoms with van der Waals surface area (Å²) in [4.78, 5) is 9.78. The molecule has 0 aromatic heterocycles. The van der Waals surface area contributed by atoms with Crippen LogP contribution in [0.25, 0.3) is 0 Å². The van der Waals surface area contributed by atoms with E-state index in [4.69, 9.17) is 5.11 Å². The summed E-state index contributed by atoms with van der Waals surface area (Å²) in [6.07, 6.45) is 0.839. The number of hydrogen-bond acceptors (Lipinski definition) is 2. The molecule has 1 N–H and O–H groups in total. The molecule has 48 valence electrons. The topological polar surface area (TPSA) is 37.3 Å². The predicted octanol–water partition coefficient (Wildman–Crippen LogP) is -0.121. The molecule has 0 spiro atoms. The van der Waals surface area contributed by atoms with Gasteiger partial charge in [0.2, 0.25) is 0 Å². The van der Waals surface area contributed by atoms with Crippen molar-refractivity contribution in [2.75, 3.05) is 18.1 Å². The molecular formula is C5H10O2S. The van der Waals surface area contributed by atoms with Gasteiger partial charge < -0.3 is 9.90 Å². The second kappa shape index (κ2) is 5.00. The molecule has 0 radical (unpaired) electrons. The standard InChI is InChI=1S/C5H10O2S/c1-8(4-2-6)5-3-7/h2,7H,1,3-5H2. The van der Waals surface area contributed by atoms with Crippen molar-refractivity contribution in [3.63, 3.8) is 0 Å². The van der Waals surface area contributed by atoms with Gasteiger partial charge in [0.15, 0.2) is 0 Å². The average Bonchev–Trinajstić information content (AvgIpc) is 1.68. The zero-order chi connectivity index (χ0) is 6.41. The number of carbonyl (C=O) groups excluding carboxylic acids is 1. The maximum atomic E-state index is 9.78. The molecule has 0 rings (SSSR count). The summed E-state index contributed by atoms with van der Waals surface area (Å²) in [5.74, 6) is 4.79. The number of aliphatic hydroxyl groups is 1. The van der Waals surface area contributed by atoms with Gasteiger partial charge in [-0.1, -0.05) is 5.87 Å². The Hall–Kier alpha value is -0.150. The first kappa shape index (κ1) is 7.85. The van der Waals surface area contributed by atoms with Crippen LogP contribution in [0.2, 0.25) is 0 Å². The summed E-state index contributed by atoms with van der Waals surface area (Å²) in [6.45, 7) is 0.139. The fourth-order valence-electron chi connectivity index (χ4n) is 0.309. The third kappa shape index (κ3) is 4.02. The van der Waals surface area contributed by atoms with E-state index in [0.717, 1.165) is 6.29 Å². The molecule has 0 aromatic carbocycles. The Morgan fingerprint density at radius 1 is 1.75 bits per heavy atom.